The molecule has 0 aliphatic rings. The smallest absolute Gasteiger partial charge is 0.255 e. The van der Waals surface area contributed by atoms with E-state index in [9.17, 15) is 18.0 Å². The van der Waals surface area contributed by atoms with Gasteiger partial charge in [0.25, 0.3) is 11.8 Å². The molecule has 0 aromatic heterocycles. The van der Waals surface area contributed by atoms with E-state index in [-0.39, 0.29) is 22.9 Å². The average Bonchev–Trinajstić information content (AvgIpc) is 2.69. The number of hydrogen-bond acceptors (Lipinski definition) is 4. The highest BCUT2D eigenvalue weighted by Crippen LogP contribution is 2.19. The SMILES string of the molecule is CCNS(=O)(=O)c1ccc(C)c(C(=O)Nc2cccc(C(=O)N(CC)CC)c2)c1. The number of anilines is 1. The molecule has 0 aliphatic heterocycles. The van der Waals surface area contributed by atoms with Crippen molar-refractivity contribution >= 4 is 27.5 Å². The number of aryl methyl sites for hydroxylation is 1. The third-order valence-electron chi connectivity index (χ3n) is 4.52. The van der Waals surface area contributed by atoms with Crippen LogP contribution in [-0.2, 0) is 10.0 Å². The van der Waals surface area contributed by atoms with Crippen LogP contribution in [0.5, 0.6) is 0 Å². The summed E-state index contributed by atoms with van der Waals surface area (Å²) in [6.07, 6.45) is 0. The predicted molar refractivity (Wildman–Crippen MR) is 114 cm³/mol. The molecular formula is C21H27N3O4S. The second-order valence-electron chi connectivity index (χ2n) is 6.49. The zero-order valence-corrected chi connectivity index (χ0v) is 18.0. The molecule has 0 bridgehead atoms. The summed E-state index contributed by atoms with van der Waals surface area (Å²) < 4.78 is 26.9. The van der Waals surface area contributed by atoms with Crippen molar-refractivity contribution in [1.82, 2.24) is 9.62 Å². The molecule has 0 aliphatic carbocycles. The predicted octanol–water partition coefficient (Wildman–Crippen LogP) is 3.03. The maximum atomic E-state index is 12.8. The summed E-state index contributed by atoms with van der Waals surface area (Å²) >= 11 is 0. The van der Waals surface area contributed by atoms with Crippen LogP contribution in [0.1, 0.15) is 47.1 Å². The number of carbonyl (C=O) groups excluding carboxylic acids is 2. The minimum absolute atomic E-state index is 0.0283. The lowest BCUT2D eigenvalue weighted by atomic mass is 10.1. The third-order valence-corrected chi connectivity index (χ3v) is 6.06. The zero-order valence-electron chi connectivity index (χ0n) is 17.2. The second kappa shape index (κ2) is 9.67. The van der Waals surface area contributed by atoms with Gasteiger partial charge in [-0.15, -0.1) is 0 Å². The van der Waals surface area contributed by atoms with Crippen molar-refractivity contribution in [3.05, 3.63) is 59.2 Å². The number of nitrogens with one attached hydrogen (secondary N) is 2. The van der Waals surface area contributed by atoms with Gasteiger partial charge in [0.2, 0.25) is 10.0 Å². The Morgan fingerprint density at radius 2 is 1.69 bits per heavy atom. The lowest BCUT2D eigenvalue weighted by molar-refractivity contribution is 0.0772. The molecule has 2 amide bonds. The molecule has 0 saturated carbocycles. The van der Waals surface area contributed by atoms with E-state index in [2.05, 4.69) is 10.0 Å². The molecule has 0 fully saturated rings. The van der Waals surface area contributed by atoms with Gasteiger partial charge >= 0.3 is 0 Å². The first kappa shape index (κ1) is 22.6. The van der Waals surface area contributed by atoms with Crippen molar-refractivity contribution in [2.24, 2.45) is 0 Å². The van der Waals surface area contributed by atoms with Crippen molar-refractivity contribution in [3.63, 3.8) is 0 Å². The Morgan fingerprint density at radius 3 is 2.31 bits per heavy atom. The van der Waals surface area contributed by atoms with Crippen LogP contribution >= 0.6 is 0 Å². The molecular weight excluding hydrogens is 390 g/mol. The summed E-state index contributed by atoms with van der Waals surface area (Å²) in [5.74, 6) is -0.551. The Balaban J connectivity index is 2.29. The lowest BCUT2D eigenvalue weighted by Gasteiger charge is -2.19. The average molecular weight is 418 g/mol. The van der Waals surface area contributed by atoms with Crippen molar-refractivity contribution in [3.8, 4) is 0 Å². The zero-order chi connectivity index (χ0) is 21.6. The van der Waals surface area contributed by atoms with Crippen LogP contribution in [0.25, 0.3) is 0 Å². The number of carbonyl (C=O) groups is 2. The minimum atomic E-state index is -3.67. The van der Waals surface area contributed by atoms with Crippen LogP contribution in [0, 0.1) is 6.92 Å². The molecule has 0 heterocycles. The number of amides is 2. The summed E-state index contributed by atoms with van der Waals surface area (Å²) in [5, 5.41) is 2.76. The number of benzene rings is 2. The highest BCUT2D eigenvalue weighted by molar-refractivity contribution is 7.89. The van der Waals surface area contributed by atoms with Gasteiger partial charge in [0.1, 0.15) is 0 Å². The fourth-order valence-corrected chi connectivity index (χ4v) is 3.97. The molecule has 7 nitrogen and oxygen atoms in total. The van der Waals surface area contributed by atoms with Gasteiger partial charge in [-0.25, -0.2) is 13.1 Å². The molecule has 2 aromatic rings. The normalized spacial score (nSPS) is 11.2. The van der Waals surface area contributed by atoms with Crippen molar-refractivity contribution in [2.75, 3.05) is 25.0 Å². The molecule has 2 rings (SSSR count). The molecule has 0 unspecified atom stereocenters. The summed E-state index contributed by atoms with van der Waals surface area (Å²) in [6, 6.07) is 11.1. The van der Waals surface area contributed by atoms with Crippen molar-refractivity contribution < 1.29 is 18.0 Å². The van der Waals surface area contributed by atoms with E-state index in [4.69, 9.17) is 0 Å². The second-order valence-corrected chi connectivity index (χ2v) is 8.26. The molecule has 0 spiro atoms. The van der Waals surface area contributed by atoms with Gasteiger partial charge in [-0.3, -0.25) is 9.59 Å². The number of rotatable bonds is 8. The van der Waals surface area contributed by atoms with Crippen LogP contribution in [0.4, 0.5) is 5.69 Å². The van der Waals surface area contributed by atoms with E-state index >= 15 is 0 Å². The Bertz CT molecular complexity index is 999. The largest absolute Gasteiger partial charge is 0.339 e. The fraction of sp³-hybridized carbons (Fsp3) is 0.333. The van der Waals surface area contributed by atoms with Crippen LogP contribution in [0.2, 0.25) is 0 Å². The fourth-order valence-electron chi connectivity index (χ4n) is 2.91. The van der Waals surface area contributed by atoms with E-state index in [0.717, 1.165) is 0 Å². The molecule has 0 atom stereocenters. The molecule has 0 radical (unpaired) electrons. The van der Waals surface area contributed by atoms with Gasteiger partial charge in [0, 0.05) is 36.4 Å². The molecule has 156 valence electrons. The molecule has 0 saturated heterocycles. The maximum absolute atomic E-state index is 12.8. The van der Waals surface area contributed by atoms with Crippen LogP contribution in [0.15, 0.2) is 47.4 Å². The molecule has 2 aromatic carbocycles. The Kier molecular flexibility index (Phi) is 7.53. The summed E-state index contributed by atoms with van der Waals surface area (Å²) in [4.78, 5) is 27.0. The van der Waals surface area contributed by atoms with Crippen molar-refractivity contribution in [1.29, 1.82) is 0 Å². The summed E-state index contributed by atoms with van der Waals surface area (Å²) in [6.45, 7) is 8.68. The van der Waals surface area contributed by atoms with Gasteiger partial charge in [-0.1, -0.05) is 19.1 Å². The Hall–Kier alpha value is -2.71. The number of hydrogen-bond donors (Lipinski definition) is 2. The van der Waals surface area contributed by atoms with E-state index in [1.165, 1.54) is 12.1 Å². The first-order valence-electron chi connectivity index (χ1n) is 9.54. The standard InChI is InChI=1S/C21H27N3O4S/c1-5-22-29(27,28)18-12-11-15(4)19(14-18)20(25)23-17-10-8-9-16(13-17)21(26)24(6-2)7-3/h8-14,22H,5-7H2,1-4H3,(H,23,25). The molecule has 2 N–H and O–H groups in total. The lowest BCUT2D eigenvalue weighted by Crippen LogP contribution is -2.30. The topological polar surface area (TPSA) is 95.6 Å². The van der Waals surface area contributed by atoms with Crippen LogP contribution in [-0.4, -0.2) is 44.8 Å². The molecule has 8 heteroatoms. The van der Waals surface area contributed by atoms with E-state index < -0.39 is 15.9 Å². The minimum Gasteiger partial charge on any atom is -0.339 e. The van der Waals surface area contributed by atoms with E-state index in [1.54, 1.807) is 49.1 Å². The number of sulfonamides is 1. The first-order chi connectivity index (χ1) is 13.7. The van der Waals surface area contributed by atoms with Gasteiger partial charge in [0.15, 0.2) is 0 Å². The van der Waals surface area contributed by atoms with E-state index in [1.807, 2.05) is 13.8 Å². The number of nitrogens with zero attached hydrogens (tertiary/aromatic N) is 1. The highest BCUT2D eigenvalue weighted by atomic mass is 32.2. The van der Waals surface area contributed by atoms with Crippen LogP contribution in [0.3, 0.4) is 0 Å². The third kappa shape index (κ3) is 5.42. The van der Waals surface area contributed by atoms with Gasteiger partial charge in [-0.05, 0) is 56.7 Å². The summed E-state index contributed by atoms with van der Waals surface area (Å²) in [7, 11) is -3.67. The molecule has 29 heavy (non-hydrogen) atoms. The van der Waals surface area contributed by atoms with Crippen LogP contribution < -0.4 is 10.0 Å². The Labute approximate surface area is 172 Å². The summed E-state index contributed by atoms with van der Waals surface area (Å²) in [5.41, 5.74) is 1.84. The van der Waals surface area contributed by atoms with Gasteiger partial charge < -0.3 is 10.2 Å². The highest BCUT2D eigenvalue weighted by Gasteiger charge is 2.18. The maximum Gasteiger partial charge on any atom is 0.255 e. The van der Waals surface area contributed by atoms with Gasteiger partial charge in [-0.2, -0.15) is 0 Å². The Morgan fingerprint density at radius 1 is 1.00 bits per heavy atom. The quantitative estimate of drug-likeness (QED) is 0.690. The van der Waals surface area contributed by atoms with Gasteiger partial charge in [0.05, 0.1) is 4.90 Å². The monoisotopic (exact) mass is 417 g/mol. The first-order valence-corrected chi connectivity index (χ1v) is 11.0. The van der Waals surface area contributed by atoms with Crippen molar-refractivity contribution in [2.45, 2.75) is 32.6 Å². The van der Waals surface area contributed by atoms with E-state index in [0.29, 0.717) is 29.9 Å².